The summed E-state index contributed by atoms with van der Waals surface area (Å²) in [7, 11) is -4.69. The Labute approximate surface area is 86.7 Å². The zero-order valence-electron chi connectivity index (χ0n) is 7.57. The molecule has 0 atom stereocenters. The van der Waals surface area contributed by atoms with Crippen LogP contribution in [0.5, 0.6) is 0 Å². The number of aliphatic hydroxyl groups is 2. The van der Waals surface area contributed by atoms with Gasteiger partial charge < -0.3 is 10.2 Å². The van der Waals surface area contributed by atoms with Gasteiger partial charge in [0.2, 0.25) is 5.79 Å². The standard InChI is InChI=1S/C8H10O6S/c9-8(10,6-14-15(11,12)13)7-4-2-1-3-5-7/h1-5,9-10H,6H2,(H,11,12,13). The third-order valence-corrected chi connectivity index (χ3v) is 2.06. The summed E-state index contributed by atoms with van der Waals surface area (Å²) in [5.41, 5.74) is 0.0636. The van der Waals surface area contributed by atoms with Gasteiger partial charge in [-0.15, -0.1) is 0 Å². The van der Waals surface area contributed by atoms with Crippen LogP contribution in [0.1, 0.15) is 5.56 Å². The van der Waals surface area contributed by atoms with Gasteiger partial charge in [0.1, 0.15) is 6.61 Å². The zero-order chi connectivity index (χ0) is 11.5. The monoisotopic (exact) mass is 234 g/mol. The summed E-state index contributed by atoms with van der Waals surface area (Å²) in [6.07, 6.45) is 0. The summed E-state index contributed by atoms with van der Waals surface area (Å²) < 4.78 is 32.6. The van der Waals surface area contributed by atoms with Crippen LogP contribution in [-0.2, 0) is 20.4 Å². The summed E-state index contributed by atoms with van der Waals surface area (Å²) in [5, 5.41) is 18.8. The molecule has 0 spiro atoms. The van der Waals surface area contributed by atoms with Crippen molar-refractivity contribution in [2.75, 3.05) is 6.61 Å². The molecule has 0 aliphatic carbocycles. The molecule has 0 saturated heterocycles. The Bertz CT molecular complexity index is 410. The molecule has 0 fully saturated rings. The molecular formula is C8H10O6S. The van der Waals surface area contributed by atoms with Crippen molar-refractivity contribution in [3.05, 3.63) is 35.9 Å². The van der Waals surface area contributed by atoms with Crippen molar-refractivity contribution in [1.82, 2.24) is 0 Å². The first-order valence-electron chi connectivity index (χ1n) is 3.93. The molecule has 0 radical (unpaired) electrons. The Balaban J connectivity index is 2.76. The molecular weight excluding hydrogens is 224 g/mol. The van der Waals surface area contributed by atoms with Crippen LogP contribution in [0.25, 0.3) is 0 Å². The average molecular weight is 234 g/mol. The van der Waals surface area contributed by atoms with E-state index in [9.17, 15) is 18.6 Å². The Morgan fingerprint density at radius 3 is 2.20 bits per heavy atom. The van der Waals surface area contributed by atoms with E-state index in [1.807, 2.05) is 0 Å². The fourth-order valence-electron chi connectivity index (χ4n) is 0.945. The van der Waals surface area contributed by atoms with E-state index in [2.05, 4.69) is 4.18 Å². The van der Waals surface area contributed by atoms with E-state index in [-0.39, 0.29) is 5.56 Å². The highest BCUT2D eigenvalue weighted by molar-refractivity contribution is 7.80. The van der Waals surface area contributed by atoms with Crippen LogP contribution in [0.15, 0.2) is 30.3 Å². The van der Waals surface area contributed by atoms with E-state index in [0.29, 0.717) is 0 Å². The lowest BCUT2D eigenvalue weighted by molar-refractivity contribution is -0.190. The molecule has 0 aromatic heterocycles. The number of hydrogen-bond donors (Lipinski definition) is 3. The predicted molar refractivity (Wildman–Crippen MR) is 50.1 cm³/mol. The van der Waals surface area contributed by atoms with E-state index in [0.717, 1.165) is 0 Å². The minimum Gasteiger partial charge on any atom is -0.360 e. The second-order valence-electron chi connectivity index (χ2n) is 2.87. The van der Waals surface area contributed by atoms with Gasteiger partial charge in [-0.25, -0.2) is 4.18 Å². The van der Waals surface area contributed by atoms with Crippen molar-refractivity contribution < 1.29 is 27.4 Å². The van der Waals surface area contributed by atoms with Gasteiger partial charge in [0.15, 0.2) is 0 Å². The Kier molecular flexibility index (Phi) is 3.42. The van der Waals surface area contributed by atoms with E-state index in [1.165, 1.54) is 12.1 Å². The molecule has 0 aliphatic rings. The Hall–Kier alpha value is -0.990. The molecule has 7 heteroatoms. The van der Waals surface area contributed by atoms with Crippen molar-refractivity contribution in [3.63, 3.8) is 0 Å². The quantitative estimate of drug-likeness (QED) is 0.485. The SMILES string of the molecule is O=S(=O)(O)OCC(O)(O)c1ccccc1. The Morgan fingerprint density at radius 1 is 1.20 bits per heavy atom. The molecule has 15 heavy (non-hydrogen) atoms. The lowest BCUT2D eigenvalue weighted by Crippen LogP contribution is -2.32. The average Bonchev–Trinajstić information content (AvgIpc) is 2.16. The van der Waals surface area contributed by atoms with Gasteiger partial charge in [-0.05, 0) is 0 Å². The molecule has 0 heterocycles. The topological polar surface area (TPSA) is 104 Å². The molecule has 1 aromatic carbocycles. The normalized spacial score (nSPS) is 12.7. The minimum absolute atomic E-state index is 0.0636. The third kappa shape index (κ3) is 3.94. The smallest absolute Gasteiger partial charge is 0.360 e. The summed E-state index contributed by atoms with van der Waals surface area (Å²) >= 11 is 0. The molecule has 3 N–H and O–H groups in total. The van der Waals surface area contributed by atoms with Gasteiger partial charge in [0.05, 0.1) is 0 Å². The van der Waals surface area contributed by atoms with Crippen LogP contribution >= 0.6 is 0 Å². The van der Waals surface area contributed by atoms with E-state index in [4.69, 9.17) is 4.55 Å². The second-order valence-corrected chi connectivity index (χ2v) is 3.96. The van der Waals surface area contributed by atoms with Crippen molar-refractivity contribution in [2.24, 2.45) is 0 Å². The number of benzene rings is 1. The van der Waals surface area contributed by atoms with Crippen LogP contribution in [0, 0.1) is 0 Å². The summed E-state index contributed by atoms with van der Waals surface area (Å²) in [4.78, 5) is 0. The van der Waals surface area contributed by atoms with Gasteiger partial charge in [0.25, 0.3) is 0 Å². The number of rotatable bonds is 4. The van der Waals surface area contributed by atoms with Gasteiger partial charge in [0, 0.05) is 5.56 Å². The van der Waals surface area contributed by atoms with Crippen LogP contribution in [0.3, 0.4) is 0 Å². The lowest BCUT2D eigenvalue weighted by atomic mass is 10.1. The van der Waals surface area contributed by atoms with Crippen LogP contribution in [0.4, 0.5) is 0 Å². The summed E-state index contributed by atoms with van der Waals surface area (Å²) in [6, 6.07) is 7.51. The molecule has 0 amide bonds. The van der Waals surface area contributed by atoms with Gasteiger partial charge in [-0.3, -0.25) is 4.55 Å². The molecule has 1 aromatic rings. The van der Waals surface area contributed by atoms with Crippen molar-refractivity contribution in [1.29, 1.82) is 0 Å². The third-order valence-electron chi connectivity index (χ3n) is 1.65. The molecule has 84 valence electrons. The summed E-state index contributed by atoms with van der Waals surface area (Å²) in [5.74, 6) is -2.46. The van der Waals surface area contributed by atoms with Gasteiger partial charge in [-0.2, -0.15) is 8.42 Å². The highest BCUT2D eigenvalue weighted by atomic mass is 32.3. The molecule has 0 aliphatic heterocycles. The molecule has 1 rings (SSSR count). The van der Waals surface area contributed by atoms with Gasteiger partial charge in [-0.1, -0.05) is 30.3 Å². The maximum absolute atomic E-state index is 10.2. The number of hydrogen-bond acceptors (Lipinski definition) is 5. The molecule has 0 unspecified atom stereocenters. The maximum atomic E-state index is 10.2. The summed E-state index contributed by atoms with van der Waals surface area (Å²) in [6.45, 7) is -0.976. The van der Waals surface area contributed by atoms with Crippen LogP contribution in [0.2, 0.25) is 0 Å². The molecule has 0 bridgehead atoms. The maximum Gasteiger partial charge on any atom is 0.397 e. The van der Waals surface area contributed by atoms with Crippen molar-refractivity contribution >= 4 is 10.4 Å². The largest absolute Gasteiger partial charge is 0.397 e. The first-order valence-corrected chi connectivity index (χ1v) is 5.30. The first kappa shape index (κ1) is 12.1. The predicted octanol–water partition coefficient (Wildman–Crippen LogP) is -0.357. The van der Waals surface area contributed by atoms with Crippen LogP contribution < -0.4 is 0 Å². The van der Waals surface area contributed by atoms with E-state index < -0.39 is 22.8 Å². The van der Waals surface area contributed by atoms with E-state index >= 15 is 0 Å². The van der Waals surface area contributed by atoms with Gasteiger partial charge >= 0.3 is 10.4 Å². The van der Waals surface area contributed by atoms with Crippen molar-refractivity contribution in [3.8, 4) is 0 Å². The van der Waals surface area contributed by atoms with E-state index in [1.54, 1.807) is 18.2 Å². The lowest BCUT2D eigenvalue weighted by Gasteiger charge is -2.20. The molecule has 6 nitrogen and oxygen atoms in total. The highest BCUT2D eigenvalue weighted by Crippen LogP contribution is 2.18. The fraction of sp³-hybridized carbons (Fsp3) is 0.250. The molecule has 0 saturated carbocycles. The van der Waals surface area contributed by atoms with Crippen molar-refractivity contribution in [2.45, 2.75) is 5.79 Å². The zero-order valence-corrected chi connectivity index (χ0v) is 8.38. The van der Waals surface area contributed by atoms with Crippen LogP contribution in [-0.4, -0.2) is 29.8 Å². The fourth-order valence-corrected chi connectivity index (χ4v) is 1.26. The second kappa shape index (κ2) is 4.25. The minimum atomic E-state index is -4.69. The Morgan fingerprint density at radius 2 is 1.73 bits per heavy atom. The highest BCUT2D eigenvalue weighted by Gasteiger charge is 2.28. The first-order chi connectivity index (χ1) is 6.81.